The Morgan fingerprint density at radius 1 is 1.20 bits per heavy atom. The van der Waals surface area contributed by atoms with Crippen molar-refractivity contribution in [1.82, 2.24) is 9.88 Å². The van der Waals surface area contributed by atoms with Crippen molar-refractivity contribution in [1.29, 1.82) is 0 Å². The number of hydrogen-bond donors (Lipinski definition) is 1. The summed E-state index contributed by atoms with van der Waals surface area (Å²) in [7, 11) is -0.162. The predicted molar refractivity (Wildman–Crippen MR) is 116 cm³/mol. The highest BCUT2D eigenvalue weighted by Crippen LogP contribution is 2.30. The zero-order chi connectivity index (χ0) is 21.1. The van der Waals surface area contributed by atoms with Crippen LogP contribution in [0, 0.1) is 0 Å². The van der Waals surface area contributed by atoms with E-state index in [4.69, 9.17) is 9.47 Å². The zero-order valence-corrected chi connectivity index (χ0v) is 18.4. The van der Waals surface area contributed by atoms with Crippen LogP contribution < -0.4 is 9.46 Å². The molecule has 30 heavy (non-hydrogen) atoms. The van der Waals surface area contributed by atoms with Crippen molar-refractivity contribution in [3.8, 4) is 5.88 Å². The van der Waals surface area contributed by atoms with Gasteiger partial charge in [-0.1, -0.05) is 12.1 Å². The van der Waals surface area contributed by atoms with E-state index in [9.17, 15) is 8.42 Å². The molecule has 1 N–H and O–H groups in total. The molecule has 0 bridgehead atoms. The first kappa shape index (κ1) is 21.1. The molecule has 1 aromatic heterocycles. The highest BCUT2D eigenvalue weighted by atomic mass is 32.2. The molecule has 0 aliphatic carbocycles. The standard InChI is InChI=1S/C22H29N3O4S/c1-25-11-9-17-14-21(22(28-2)23-20(17)10-12-25)24-30(26,27)19-7-5-16(6-8-19)18-4-3-13-29-15-18/h5-8,14,18,24H,3-4,9-13,15H2,1-2H3. The van der Waals surface area contributed by atoms with Crippen LogP contribution in [0.2, 0.25) is 0 Å². The lowest BCUT2D eigenvalue weighted by Crippen LogP contribution is -2.20. The lowest BCUT2D eigenvalue weighted by molar-refractivity contribution is 0.0804. The number of ether oxygens (including phenoxy) is 2. The number of aromatic nitrogens is 1. The van der Waals surface area contributed by atoms with Gasteiger partial charge < -0.3 is 14.4 Å². The highest BCUT2D eigenvalue weighted by molar-refractivity contribution is 7.92. The van der Waals surface area contributed by atoms with Crippen molar-refractivity contribution < 1.29 is 17.9 Å². The fourth-order valence-corrected chi connectivity index (χ4v) is 5.13. The summed E-state index contributed by atoms with van der Waals surface area (Å²) in [5.74, 6) is 0.633. The summed E-state index contributed by atoms with van der Waals surface area (Å²) in [6.45, 7) is 3.34. The van der Waals surface area contributed by atoms with Crippen LogP contribution in [0.25, 0.3) is 0 Å². The van der Waals surface area contributed by atoms with Gasteiger partial charge in [-0.2, -0.15) is 0 Å². The van der Waals surface area contributed by atoms with Crippen molar-refractivity contribution in [3.63, 3.8) is 0 Å². The maximum absolute atomic E-state index is 13.0. The summed E-state index contributed by atoms with van der Waals surface area (Å²) in [5, 5.41) is 0. The maximum Gasteiger partial charge on any atom is 0.262 e. The van der Waals surface area contributed by atoms with Crippen molar-refractivity contribution in [2.45, 2.75) is 36.5 Å². The number of anilines is 1. The average molecular weight is 432 g/mol. The van der Waals surface area contributed by atoms with Crippen molar-refractivity contribution in [2.24, 2.45) is 0 Å². The summed E-state index contributed by atoms with van der Waals surface area (Å²) in [6.07, 6.45) is 3.75. The molecule has 2 aliphatic heterocycles. The summed E-state index contributed by atoms with van der Waals surface area (Å²) in [4.78, 5) is 7.06. The number of pyridine rings is 1. The molecule has 1 aromatic carbocycles. The lowest BCUT2D eigenvalue weighted by atomic mass is 9.94. The number of hydrogen-bond acceptors (Lipinski definition) is 6. The molecule has 0 amide bonds. The number of benzene rings is 1. The Balaban J connectivity index is 1.57. The number of sulfonamides is 1. The molecule has 2 aliphatic rings. The molecule has 0 radical (unpaired) electrons. The Morgan fingerprint density at radius 3 is 2.67 bits per heavy atom. The van der Waals surface area contributed by atoms with Crippen LogP contribution in [-0.4, -0.2) is 58.8 Å². The third-order valence-electron chi connectivity index (χ3n) is 5.91. The molecule has 3 heterocycles. The molecular weight excluding hydrogens is 402 g/mol. The normalized spacial score (nSPS) is 20.3. The molecule has 1 unspecified atom stereocenters. The van der Waals surface area contributed by atoms with Crippen LogP contribution in [0.1, 0.15) is 35.6 Å². The summed E-state index contributed by atoms with van der Waals surface area (Å²) in [5.41, 5.74) is 3.52. The molecule has 8 heteroatoms. The van der Waals surface area contributed by atoms with Crippen LogP contribution in [0.5, 0.6) is 5.88 Å². The Kier molecular flexibility index (Phi) is 6.26. The third kappa shape index (κ3) is 4.61. The molecule has 4 rings (SSSR count). The van der Waals surface area contributed by atoms with Crippen LogP contribution in [0.15, 0.2) is 35.2 Å². The highest BCUT2D eigenvalue weighted by Gasteiger charge is 2.22. The third-order valence-corrected chi connectivity index (χ3v) is 7.29. The Hall–Kier alpha value is -2.16. The first-order valence-electron chi connectivity index (χ1n) is 10.4. The molecule has 7 nitrogen and oxygen atoms in total. The van der Waals surface area contributed by atoms with E-state index in [0.29, 0.717) is 24.1 Å². The van der Waals surface area contributed by atoms with Gasteiger partial charge in [-0.25, -0.2) is 13.4 Å². The molecule has 0 saturated carbocycles. The van der Waals surface area contributed by atoms with Crippen LogP contribution in [0.3, 0.4) is 0 Å². The zero-order valence-electron chi connectivity index (χ0n) is 17.6. The van der Waals surface area contributed by atoms with E-state index in [1.807, 2.05) is 18.2 Å². The van der Waals surface area contributed by atoms with E-state index in [2.05, 4.69) is 21.7 Å². The van der Waals surface area contributed by atoms with Gasteiger partial charge in [-0.3, -0.25) is 4.72 Å². The van der Waals surface area contributed by atoms with Gasteiger partial charge in [0.25, 0.3) is 10.0 Å². The molecular formula is C22H29N3O4S. The molecule has 0 spiro atoms. The minimum Gasteiger partial charge on any atom is -0.479 e. The first-order chi connectivity index (χ1) is 14.5. The second-order valence-electron chi connectivity index (χ2n) is 8.04. The van der Waals surface area contributed by atoms with Crippen molar-refractivity contribution >= 4 is 15.7 Å². The number of nitrogens with zero attached hydrogens (tertiary/aromatic N) is 2. The Morgan fingerprint density at radius 2 is 1.97 bits per heavy atom. The van der Waals surface area contributed by atoms with E-state index in [1.165, 1.54) is 7.11 Å². The summed E-state index contributed by atoms with van der Waals surface area (Å²) >= 11 is 0. The Bertz CT molecular complexity index is 986. The van der Waals surface area contributed by atoms with Gasteiger partial charge in [0.2, 0.25) is 5.88 Å². The SMILES string of the molecule is COc1nc2c(cc1NS(=O)(=O)c1ccc(C3CCCOC3)cc1)CCN(C)CC2. The maximum atomic E-state index is 13.0. The van der Waals surface area contributed by atoms with Gasteiger partial charge in [0.15, 0.2) is 0 Å². The van der Waals surface area contributed by atoms with Gasteiger partial charge in [-0.05, 0) is 55.6 Å². The largest absolute Gasteiger partial charge is 0.479 e. The van der Waals surface area contributed by atoms with Crippen molar-refractivity contribution in [2.75, 3.05) is 45.2 Å². The number of methoxy groups -OCH3 is 1. The van der Waals surface area contributed by atoms with E-state index in [0.717, 1.165) is 62.2 Å². The average Bonchev–Trinajstić information content (AvgIpc) is 2.95. The van der Waals surface area contributed by atoms with Crippen LogP contribution in [-0.2, 0) is 27.6 Å². The second-order valence-corrected chi connectivity index (χ2v) is 9.73. The smallest absolute Gasteiger partial charge is 0.262 e. The van der Waals surface area contributed by atoms with Gasteiger partial charge in [-0.15, -0.1) is 0 Å². The minimum absolute atomic E-state index is 0.222. The molecule has 162 valence electrons. The van der Waals surface area contributed by atoms with E-state index < -0.39 is 10.0 Å². The first-order valence-corrected chi connectivity index (χ1v) is 11.9. The fourth-order valence-electron chi connectivity index (χ4n) is 4.08. The number of nitrogens with one attached hydrogen (secondary N) is 1. The van der Waals surface area contributed by atoms with Gasteiger partial charge in [0.1, 0.15) is 5.69 Å². The fraction of sp³-hybridized carbons (Fsp3) is 0.500. The van der Waals surface area contributed by atoms with Crippen molar-refractivity contribution in [3.05, 3.63) is 47.2 Å². The van der Waals surface area contributed by atoms with Gasteiger partial charge in [0.05, 0.1) is 18.6 Å². The number of likely N-dealkylation sites (N-methyl/N-ethyl adjacent to an activating group) is 1. The quantitative estimate of drug-likeness (QED) is 0.784. The van der Waals surface area contributed by atoms with Gasteiger partial charge >= 0.3 is 0 Å². The van der Waals surface area contributed by atoms with Crippen LogP contribution >= 0.6 is 0 Å². The molecule has 2 aromatic rings. The Labute approximate surface area is 178 Å². The number of rotatable bonds is 5. The number of fused-ring (bicyclic) bond motifs is 1. The van der Waals surface area contributed by atoms with E-state index in [1.54, 1.807) is 12.1 Å². The molecule has 1 atom stereocenters. The topological polar surface area (TPSA) is 80.8 Å². The predicted octanol–water partition coefficient (Wildman–Crippen LogP) is 2.82. The van der Waals surface area contributed by atoms with E-state index in [-0.39, 0.29) is 4.90 Å². The second kappa shape index (κ2) is 8.91. The minimum atomic E-state index is -3.75. The molecule has 1 fully saturated rings. The molecule has 1 saturated heterocycles. The monoisotopic (exact) mass is 431 g/mol. The van der Waals surface area contributed by atoms with E-state index >= 15 is 0 Å². The lowest BCUT2D eigenvalue weighted by Gasteiger charge is -2.22. The van der Waals surface area contributed by atoms with Gasteiger partial charge in [0, 0.05) is 37.7 Å². The summed E-state index contributed by atoms with van der Waals surface area (Å²) < 4.78 is 39.7. The summed E-state index contributed by atoms with van der Waals surface area (Å²) in [6, 6.07) is 8.95. The van der Waals surface area contributed by atoms with Crippen LogP contribution in [0.4, 0.5) is 5.69 Å².